The Labute approximate surface area is 219 Å². The third-order valence-electron chi connectivity index (χ3n) is 7.01. The SMILES string of the molecule is Cc1cccc(Cn2nc(C(C)(C)C)cc2-c2nnc(SCc3ccccc3)n2C2CCCCC2)c1. The summed E-state index contributed by atoms with van der Waals surface area (Å²) in [7, 11) is 0. The smallest absolute Gasteiger partial charge is 0.192 e. The standard InChI is InChI=1S/C30H37N5S/c1-22-12-11-15-24(18-22)20-34-26(19-27(33-34)30(2,3)4)28-31-32-29(35(28)25-16-9-6-10-17-25)36-21-23-13-7-5-8-14-23/h5,7-8,11-15,18-19,25H,6,9-10,16-17,20-21H2,1-4H3. The van der Waals surface area contributed by atoms with Crippen molar-refractivity contribution in [1.82, 2.24) is 24.5 Å². The second-order valence-electron chi connectivity index (χ2n) is 11.1. The van der Waals surface area contributed by atoms with Crippen molar-refractivity contribution >= 4 is 11.8 Å². The number of hydrogen-bond acceptors (Lipinski definition) is 4. The molecule has 6 heteroatoms. The molecule has 0 N–H and O–H groups in total. The predicted octanol–water partition coefficient (Wildman–Crippen LogP) is 7.59. The van der Waals surface area contributed by atoms with Crippen LogP contribution in [0.4, 0.5) is 0 Å². The molecular weight excluding hydrogens is 462 g/mol. The van der Waals surface area contributed by atoms with Crippen LogP contribution in [-0.2, 0) is 17.7 Å². The molecule has 188 valence electrons. The summed E-state index contributed by atoms with van der Waals surface area (Å²) in [6, 6.07) is 22.0. The quantitative estimate of drug-likeness (QED) is 0.246. The zero-order valence-electron chi connectivity index (χ0n) is 21.9. The number of benzene rings is 2. The van der Waals surface area contributed by atoms with E-state index < -0.39 is 0 Å². The van der Waals surface area contributed by atoms with Crippen LogP contribution in [-0.4, -0.2) is 24.5 Å². The van der Waals surface area contributed by atoms with Gasteiger partial charge in [-0.2, -0.15) is 5.10 Å². The molecule has 5 nitrogen and oxygen atoms in total. The van der Waals surface area contributed by atoms with E-state index in [2.05, 4.69) is 97.6 Å². The first-order chi connectivity index (χ1) is 17.4. The fourth-order valence-electron chi connectivity index (χ4n) is 5.01. The van der Waals surface area contributed by atoms with Gasteiger partial charge in [0.15, 0.2) is 11.0 Å². The molecule has 5 rings (SSSR count). The number of thioether (sulfide) groups is 1. The molecule has 1 fully saturated rings. The third kappa shape index (κ3) is 5.59. The Morgan fingerprint density at radius 1 is 0.889 bits per heavy atom. The second kappa shape index (κ2) is 10.6. The normalized spacial score (nSPS) is 14.9. The van der Waals surface area contributed by atoms with Gasteiger partial charge in [-0.25, -0.2) is 0 Å². The highest BCUT2D eigenvalue weighted by Crippen LogP contribution is 2.37. The Kier molecular flexibility index (Phi) is 7.33. The van der Waals surface area contributed by atoms with Gasteiger partial charge in [0, 0.05) is 17.2 Å². The second-order valence-corrected chi connectivity index (χ2v) is 12.0. The van der Waals surface area contributed by atoms with Gasteiger partial charge in [-0.3, -0.25) is 9.25 Å². The topological polar surface area (TPSA) is 48.5 Å². The van der Waals surface area contributed by atoms with E-state index in [-0.39, 0.29) is 5.41 Å². The van der Waals surface area contributed by atoms with E-state index in [0.29, 0.717) is 6.04 Å². The summed E-state index contributed by atoms with van der Waals surface area (Å²) in [6.45, 7) is 9.54. The van der Waals surface area contributed by atoms with E-state index in [1.54, 1.807) is 11.8 Å². The molecule has 4 aromatic rings. The van der Waals surface area contributed by atoms with Crippen molar-refractivity contribution in [3.05, 3.63) is 83.0 Å². The maximum Gasteiger partial charge on any atom is 0.192 e. The summed E-state index contributed by atoms with van der Waals surface area (Å²) in [6.07, 6.45) is 6.21. The lowest BCUT2D eigenvalue weighted by Crippen LogP contribution is -2.16. The molecule has 36 heavy (non-hydrogen) atoms. The third-order valence-corrected chi connectivity index (χ3v) is 8.02. The van der Waals surface area contributed by atoms with Crippen LogP contribution in [0.5, 0.6) is 0 Å². The van der Waals surface area contributed by atoms with Gasteiger partial charge in [-0.05, 0) is 37.0 Å². The number of aryl methyl sites for hydroxylation is 1. The van der Waals surface area contributed by atoms with Gasteiger partial charge in [-0.1, -0.05) is 112 Å². The number of aromatic nitrogens is 5. The van der Waals surface area contributed by atoms with E-state index in [1.807, 2.05) is 0 Å². The van der Waals surface area contributed by atoms with Gasteiger partial charge in [0.2, 0.25) is 0 Å². The van der Waals surface area contributed by atoms with Crippen LogP contribution in [0.15, 0.2) is 65.8 Å². The van der Waals surface area contributed by atoms with Gasteiger partial charge < -0.3 is 0 Å². The summed E-state index contributed by atoms with van der Waals surface area (Å²) >= 11 is 1.79. The van der Waals surface area contributed by atoms with Crippen LogP contribution in [0, 0.1) is 6.92 Å². The van der Waals surface area contributed by atoms with Crippen LogP contribution in [0.25, 0.3) is 11.5 Å². The van der Waals surface area contributed by atoms with E-state index >= 15 is 0 Å². The fraction of sp³-hybridized carbons (Fsp3) is 0.433. The monoisotopic (exact) mass is 499 g/mol. The lowest BCUT2D eigenvalue weighted by atomic mass is 9.92. The average molecular weight is 500 g/mol. The first-order valence-corrected chi connectivity index (χ1v) is 14.1. The minimum atomic E-state index is -0.0484. The molecule has 0 bridgehead atoms. The average Bonchev–Trinajstić information content (AvgIpc) is 3.48. The first kappa shape index (κ1) is 24.8. The van der Waals surface area contributed by atoms with Crippen molar-refractivity contribution in [3.63, 3.8) is 0 Å². The van der Waals surface area contributed by atoms with Gasteiger partial charge in [0.25, 0.3) is 0 Å². The number of hydrogen-bond donors (Lipinski definition) is 0. The molecule has 2 aromatic carbocycles. The maximum atomic E-state index is 5.10. The summed E-state index contributed by atoms with van der Waals surface area (Å²) in [5.74, 6) is 1.84. The molecule has 0 unspecified atom stereocenters. The molecule has 2 aromatic heterocycles. The predicted molar refractivity (Wildman–Crippen MR) is 148 cm³/mol. The van der Waals surface area contributed by atoms with Crippen molar-refractivity contribution in [2.45, 2.75) is 88.7 Å². The Morgan fingerprint density at radius 2 is 1.64 bits per heavy atom. The van der Waals surface area contributed by atoms with Crippen molar-refractivity contribution in [2.24, 2.45) is 0 Å². The van der Waals surface area contributed by atoms with Gasteiger partial charge in [0.05, 0.1) is 12.2 Å². The Morgan fingerprint density at radius 3 is 2.36 bits per heavy atom. The molecule has 0 amide bonds. The summed E-state index contributed by atoms with van der Waals surface area (Å²) in [5.41, 5.74) is 5.92. The largest absolute Gasteiger partial charge is 0.298 e. The van der Waals surface area contributed by atoms with E-state index in [1.165, 1.54) is 48.8 Å². The Hall–Kier alpha value is -2.86. The minimum absolute atomic E-state index is 0.0484. The molecule has 1 saturated carbocycles. The Bertz CT molecular complexity index is 1290. The van der Waals surface area contributed by atoms with Gasteiger partial charge in [0.1, 0.15) is 5.69 Å². The van der Waals surface area contributed by atoms with Crippen LogP contribution in [0.1, 0.15) is 81.3 Å². The highest BCUT2D eigenvalue weighted by molar-refractivity contribution is 7.98. The highest BCUT2D eigenvalue weighted by Gasteiger charge is 2.28. The van der Waals surface area contributed by atoms with E-state index in [0.717, 1.165) is 34.7 Å². The van der Waals surface area contributed by atoms with Crippen LogP contribution >= 0.6 is 11.8 Å². The molecule has 1 aliphatic rings. The molecular formula is C30H37N5S. The molecule has 0 aliphatic heterocycles. The lowest BCUT2D eigenvalue weighted by Gasteiger charge is -2.25. The first-order valence-electron chi connectivity index (χ1n) is 13.1. The maximum absolute atomic E-state index is 5.10. The van der Waals surface area contributed by atoms with Crippen LogP contribution in [0.2, 0.25) is 0 Å². The molecule has 0 radical (unpaired) electrons. The zero-order chi connectivity index (χ0) is 25.1. The van der Waals surface area contributed by atoms with Crippen molar-refractivity contribution in [2.75, 3.05) is 0 Å². The number of rotatable bonds is 7. The molecule has 0 saturated heterocycles. The number of nitrogens with zero attached hydrogens (tertiary/aromatic N) is 5. The molecule has 0 spiro atoms. The van der Waals surface area contributed by atoms with E-state index in [9.17, 15) is 0 Å². The fourth-order valence-corrected chi connectivity index (χ4v) is 5.97. The summed E-state index contributed by atoms with van der Waals surface area (Å²) in [5, 5.41) is 15.7. The summed E-state index contributed by atoms with van der Waals surface area (Å²) in [4.78, 5) is 0. The molecule has 0 atom stereocenters. The molecule has 2 heterocycles. The van der Waals surface area contributed by atoms with E-state index in [4.69, 9.17) is 15.3 Å². The summed E-state index contributed by atoms with van der Waals surface area (Å²) < 4.78 is 4.58. The highest BCUT2D eigenvalue weighted by atomic mass is 32.2. The van der Waals surface area contributed by atoms with Gasteiger partial charge >= 0.3 is 0 Å². The van der Waals surface area contributed by atoms with Crippen molar-refractivity contribution in [1.29, 1.82) is 0 Å². The molecule has 1 aliphatic carbocycles. The van der Waals surface area contributed by atoms with Crippen molar-refractivity contribution in [3.8, 4) is 11.5 Å². The van der Waals surface area contributed by atoms with Crippen molar-refractivity contribution < 1.29 is 0 Å². The zero-order valence-corrected chi connectivity index (χ0v) is 22.8. The van der Waals surface area contributed by atoms with Gasteiger partial charge in [-0.15, -0.1) is 10.2 Å². The lowest BCUT2D eigenvalue weighted by molar-refractivity contribution is 0.338. The minimum Gasteiger partial charge on any atom is -0.298 e. The van der Waals surface area contributed by atoms with Crippen LogP contribution in [0.3, 0.4) is 0 Å². The Balaban J connectivity index is 1.56. The van der Waals surface area contributed by atoms with Crippen LogP contribution < -0.4 is 0 Å².